The van der Waals surface area contributed by atoms with Gasteiger partial charge in [0.25, 0.3) is 0 Å². The molecule has 0 spiro atoms. The lowest BCUT2D eigenvalue weighted by Gasteiger charge is -2.29. The number of hydrogen-bond acceptors (Lipinski definition) is 2. The van der Waals surface area contributed by atoms with E-state index in [1.807, 2.05) is 30.3 Å². The van der Waals surface area contributed by atoms with Gasteiger partial charge in [0.15, 0.2) is 0 Å². The SMILES string of the molecule is CC(C)c1cc(C(C)C)c([S@@](=O)C(C[C@H](O)c2ccccc2)C[Si](C)(C)C)c(C(C)C)c1. The number of hydrogen-bond donors (Lipinski definition) is 1. The Morgan fingerprint density at radius 3 is 1.72 bits per heavy atom. The lowest BCUT2D eigenvalue weighted by atomic mass is 9.89. The fourth-order valence-electron chi connectivity index (χ4n) is 4.28. The lowest BCUT2D eigenvalue weighted by Crippen LogP contribution is -2.31. The summed E-state index contributed by atoms with van der Waals surface area (Å²) in [5, 5.41) is 11.0. The van der Waals surface area contributed by atoms with E-state index in [9.17, 15) is 9.32 Å². The summed E-state index contributed by atoms with van der Waals surface area (Å²) in [4.78, 5) is 1.03. The van der Waals surface area contributed by atoms with Crippen molar-refractivity contribution in [1.82, 2.24) is 0 Å². The van der Waals surface area contributed by atoms with E-state index in [2.05, 4.69) is 73.3 Å². The Kier molecular flexibility index (Phi) is 9.51. The minimum Gasteiger partial charge on any atom is -0.388 e. The van der Waals surface area contributed by atoms with E-state index in [1.54, 1.807) is 0 Å². The highest BCUT2D eigenvalue weighted by atomic mass is 32.2. The van der Waals surface area contributed by atoms with Crippen LogP contribution in [0.4, 0.5) is 0 Å². The number of aliphatic hydroxyl groups excluding tert-OH is 1. The van der Waals surface area contributed by atoms with Crippen LogP contribution in [0.1, 0.15) is 94.1 Å². The molecule has 0 aromatic heterocycles. The van der Waals surface area contributed by atoms with Crippen LogP contribution in [0.5, 0.6) is 0 Å². The second-order valence-electron chi connectivity index (χ2n) is 11.3. The van der Waals surface area contributed by atoms with Crippen molar-refractivity contribution < 1.29 is 9.32 Å². The molecule has 0 fully saturated rings. The number of rotatable bonds is 10. The third kappa shape index (κ3) is 7.13. The predicted molar refractivity (Wildman–Crippen MR) is 143 cm³/mol. The first-order valence-corrected chi connectivity index (χ1v) is 17.0. The van der Waals surface area contributed by atoms with Gasteiger partial charge in [-0.1, -0.05) is 104 Å². The van der Waals surface area contributed by atoms with E-state index in [4.69, 9.17) is 0 Å². The van der Waals surface area contributed by atoms with Crippen LogP contribution in [0.2, 0.25) is 25.7 Å². The van der Waals surface area contributed by atoms with Crippen molar-refractivity contribution in [3.63, 3.8) is 0 Å². The molecule has 0 saturated carbocycles. The number of benzene rings is 2. The first kappa shape index (κ1) is 27.0. The van der Waals surface area contributed by atoms with Crippen LogP contribution in [0.15, 0.2) is 47.4 Å². The van der Waals surface area contributed by atoms with Gasteiger partial charge < -0.3 is 5.11 Å². The Labute approximate surface area is 200 Å². The Balaban J connectivity index is 2.58. The summed E-state index contributed by atoms with van der Waals surface area (Å²) >= 11 is 0. The largest absolute Gasteiger partial charge is 0.388 e. The third-order valence-electron chi connectivity index (χ3n) is 6.09. The van der Waals surface area contributed by atoms with Crippen LogP contribution in [0, 0.1) is 0 Å². The fourth-order valence-corrected chi connectivity index (χ4v) is 9.66. The average Bonchev–Trinajstić information content (AvgIpc) is 2.71. The van der Waals surface area contributed by atoms with Gasteiger partial charge in [-0.05, 0) is 52.5 Å². The van der Waals surface area contributed by atoms with Gasteiger partial charge in [0.2, 0.25) is 0 Å². The smallest absolute Gasteiger partial charge is 0.0801 e. The Bertz CT molecular complexity index is 868. The second-order valence-corrected chi connectivity index (χ2v) is 18.5. The molecule has 0 aliphatic carbocycles. The van der Waals surface area contributed by atoms with E-state index in [1.165, 1.54) is 16.7 Å². The Morgan fingerprint density at radius 2 is 1.31 bits per heavy atom. The van der Waals surface area contributed by atoms with Gasteiger partial charge in [0.05, 0.1) is 16.9 Å². The summed E-state index contributed by atoms with van der Waals surface area (Å²) < 4.78 is 14.3. The molecule has 2 nitrogen and oxygen atoms in total. The fraction of sp³-hybridized carbons (Fsp3) is 0.571. The summed E-state index contributed by atoms with van der Waals surface area (Å²) in [5.74, 6) is 1.04. The van der Waals surface area contributed by atoms with Crippen molar-refractivity contribution in [2.24, 2.45) is 0 Å². The zero-order valence-corrected chi connectivity index (χ0v) is 23.4. The maximum atomic E-state index is 14.3. The molecule has 2 aromatic rings. The van der Waals surface area contributed by atoms with Crippen molar-refractivity contribution >= 4 is 18.9 Å². The van der Waals surface area contributed by atoms with E-state index < -0.39 is 25.0 Å². The molecule has 4 heteroatoms. The molecular weight excluding hydrogens is 428 g/mol. The van der Waals surface area contributed by atoms with Crippen molar-refractivity contribution in [2.45, 2.75) is 108 Å². The molecule has 1 N–H and O–H groups in total. The molecule has 2 aromatic carbocycles. The van der Waals surface area contributed by atoms with Crippen molar-refractivity contribution in [3.05, 3.63) is 64.7 Å². The van der Waals surface area contributed by atoms with Gasteiger partial charge in [0.1, 0.15) is 0 Å². The highest BCUT2D eigenvalue weighted by Gasteiger charge is 2.32. The van der Waals surface area contributed by atoms with Crippen LogP contribution in [0.3, 0.4) is 0 Å². The van der Waals surface area contributed by atoms with Crippen LogP contribution < -0.4 is 0 Å². The van der Waals surface area contributed by atoms with E-state index in [0.717, 1.165) is 16.5 Å². The van der Waals surface area contributed by atoms with Gasteiger partial charge in [-0.25, -0.2) is 0 Å². The summed E-state index contributed by atoms with van der Waals surface area (Å²) in [6.07, 6.45) is -0.0662. The highest BCUT2D eigenvalue weighted by Crippen LogP contribution is 2.38. The van der Waals surface area contributed by atoms with Crippen LogP contribution in [0.25, 0.3) is 0 Å². The highest BCUT2D eigenvalue weighted by molar-refractivity contribution is 7.86. The second kappa shape index (κ2) is 11.3. The van der Waals surface area contributed by atoms with Crippen molar-refractivity contribution in [2.75, 3.05) is 0 Å². The molecule has 1 unspecified atom stereocenters. The van der Waals surface area contributed by atoms with E-state index in [0.29, 0.717) is 24.2 Å². The Hall–Kier alpha value is -1.23. The van der Waals surface area contributed by atoms with Crippen molar-refractivity contribution in [3.8, 4) is 0 Å². The summed E-state index contributed by atoms with van der Waals surface area (Å²) in [6.45, 7) is 20.3. The zero-order chi connectivity index (χ0) is 24.2. The van der Waals surface area contributed by atoms with Gasteiger partial charge >= 0.3 is 0 Å². The van der Waals surface area contributed by atoms with Crippen LogP contribution >= 0.6 is 0 Å². The molecule has 0 amide bonds. The Morgan fingerprint density at radius 1 is 0.812 bits per heavy atom. The molecule has 0 bridgehead atoms. The predicted octanol–water partition coefficient (Wildman–Crippen LogP) is 7.99. The van der Waals surface area contributed by atoms with Gasteiger partial charge in [0, 0.05) is 18.2 Å². The molecule has 0 radical (unpaired) electrons. The molecule has 0 aliphatic heterocycles. The maximum absolute atomic E-state index is 14.3. The van der Waals surface area contributed by atoms with Crippen molar-refractivity contribution in [1.29, 1.82) is 0 Å². The monoisotopic (exact) mass is 472 g/mol. The minimum atomic E-state index is -1.51. The molecule has 3 atom stereocenters. The molecule has 32 heavy (non-hydrogen) atoms. The average molecular weight is 473 g/mol. The normalized spacial score (nSPS) is 15.4. The summed E-state index contributed by atoms with van der Waals surface area (Å²) in [5.41, 5.74) is 4.67. The molecule has 178 valence electrons. The third-order valence-corrected chi connectivity index (χ3v) is 9.95. The quantitative estimate of drug-likeness (QED) is 0.356. The molecule has 0 aliphatic rings. The van der Waals surface area contributed by atoms with E-state index in [-0.39, 0.29) is 5.25 Å². The summed E-state index contributed by atoms with van der Waals surface area (Å²) in [7, 11) is -2.68. The molecular formula is C28H44O2SSi. The van der Waals surface area contributed by atoms with Gasteiger partial charge in [-0.3, -0.25) is 4.21 Å². The lowest BCUT2D eigenvalue weighted by molar-refractivity contribution is 0.167. The topological polar surface area (TPSA) is 37.3 Å². The molecule has 2 rings (SSSR count). The summed E-state index contributed by atoms with van der Waals surface area (Å²) in [6, 6.07) is 15.3. The molecule has 0 heterocycles. The first-order chi connectivity index (χ1) is 14.8. The van der Waals surface area contributed by atoms with Gasteiger partial charge in [-0.2, -0.15) is 0 Å². The number of aliphatic hydroxyl groups is 1. The van der Waals surface area contributed by atoms with Gasteiger partial charge in [-0.15, -0.1) is 0 Å². The van der Waals surface area contributed by atoms with Crippen LogP contribution in [-0.2, 0) is 10.8 Å². The van der Waals surface area contributed by atoms with Crippen LogP contribution in [-0.4, -0.2) is 22.6 Å². The minimum absolute atomic E-state index is 0.0585. The maximum Gasteiger partial charge on any atom is 0.0801 e. The zero-order valence-electron chi connectivity index (χ0n) is 21.6. The van der Waals surface area contributed by atoms with E-state index >= 15 is 0 Å². The standard InChI is InChI=1S/C28H44O2SSi/c1-19(2)23-15-25(20(3)4)28(26(16-23)21(5)6)31(30)24(18-32(7,8)9)17-27(29)22-13-11-10-12-14-22/h10-16,19-21,24,27,29H,17-18H2,1-9H3/t24?,27-,31-/m0/s1. The molecule has 0 saturated heterocycles. The first-order valence-electron chi connectivity index (χ1n) is 12.1.